The molecular formula is C19H19ClINO. The second-order valence-electron chi connectivity index (χ2n) is 6.10. The summed E-state index contributed by atoms with van der Waals surface area (Å²) in [6.07, 6.45) is 9.44. The molecule has 1 heterocycles. The van der Waals surface area contributed by atoms with E-state index in [2.05, 4.69) is 84.8 Å². The van der Waals surface area contributed by atoms with E-state index in [1.807, 2.05) is 6.08 Å². The lowest BCUT2D eigenvalue weighted by molar-refractivity contribution is -0.110. The SMILES string of the molecule is CN1/C(=C\C=C2/C=CC(=O)C=C2I)C(C)(C)c2ccccc21.Cl. The van der Waals surface area contributed by atoms with Crippen molar-refractivity contribution in [3.8, 4) is 0 Å². The molecule has 0 amide bonds. The highest BCUT2D eigenvalue weighted by Gasteiger charge is 2.37. The minimum atomic E-state index is -0.0221. The maximum atomic E-state index is 11.4. The lowest BCUT2D eigenvalue weighted by atomic mass is 9.83. The second kappa shape index (κ2) is 6.65. The van der Waals surface area contributed by atoms with Gasteiger partial charge in [-0.3, -0.25) is 4.79 Å². The minimum absolute atomic E-state index is 0. The van der Waals surface area contributed by atoms with Gasteiger partial charge < -0.3 is 4.90 Å². The van der Waals surface area contributed by atoms with Gasteiger partial charge in [-0.15, -0.1) is 12.4 Å². The summed E-state index contributed by atoms with van der Waals surface area (Å²) >= 11 is 2.21. The van der Waals surface area contributed by atoms with Crippen molar-refractivity contribution in [2.24, 2.45) is 0 Å². The van der Waals surface area contributed by atoms with Crippen LogP contribution < -0.4 is 4.90 Å². The number of para-hydroxylation sites is 1. The zero-order valence-corrected chi connectivity index (χ0v) is 16.3. The van der Waals surface area contributed by atoms with Gasteiger partial charge in [0, 0.05) is 27.4 Å². The van der Waals surface area contributed by atoms with Crippen molar-refractivity contribution in [1.29, 1.82) is 0 Å². The van der Waals surface area contributed by atoms with Crippen LogP contribution in [-0.2, 0) is 10.2 Å². The minimum Gasteiger partial charge on any atom is -0.347 e. The van der Waals surface area contributed by atoms with Gasteiger partial charge in [-0.2, -0.15) is 0 Å². The van der Waals surface area contributed by atoms with Gasteiger partial charge in [-0.25, -0.2) is 0 Å². The molecule has 0 N–H and O–H groups in total. The van der Waals surface area contributed by atoms with E-state index in [1.54, 1.807) is 12.2 Å². The number of rotatable bonds is 1. The highest BCUT2D eigenvalue weighted by Crippen LogP contribution is 2.46. The van der Waals surface area contributed by atoms with E-state index in [0.29, 0.717) is 0 Å². The van der Waals surface area contributed by atoms with Gasteiger partial charge in [0.25, 0.3) is 0 Å². The quantitative estimate of drug-likeness (QED) is 0.567. The Morgan fingerprint density at radius 3 is 2.48 bits per heavy atom. The Balaban J connectivity index is 0.00000192. The smallest absolute Gasteiger partial charge is 0.179 e. The Morgan fingerprint density at radius 2 is 1.83 bits per heavy atom. The molecule has 1 aliphatic heterocycles. The number of carbonyl (C=O) groups is 1. The Morgan fingerprint density at radius 1 is 1.13 bits per heavy atom. The molecule has 0 fully saturated rings. The number of hydrogen-bond acceptors (Lipinski definition) is 2. The van der Waals surface area contributed by atoms with E-state index in [9.17, 15) is 4.79 Å². The van der Waals surface area contributed by atoms with Gasteiger partial charge in [-0.1, -0.05) is 44.2 Å². The average Bonchev–Trinajstić information content (AvgIpc) is 2.67. The number of likely N-dealkylation sites (N-methyl/N-ethyl adjacent to an activating group) is 1. The number of carbonyl (C=O) groups excluding carboxylic acids is 1. The van der Waals surface area contributed by atoms with E-state index >= 15 is 0 Å². The van der Waals surface area contributed by atoms with E-state index < -0.39 is 0 Å². The van der Waals surface area contributed by atoms with Gasteiger partial charge in [-0.05, 0) is 58.0 Å². The molecule has 0 radical (unpaired) electrons. The number of fused-ring (bicyclic) bond motifs is 1. The third-order valence-electron chi connectivity index (χ3n) is 4.33. The first-order valence-electron chi connectivity index (χ1n) is 7.26. The van der Waals surface area contributed by atoms with E-state index in [-0.39, 0.29) is 23.6 Å². The van der Waals surface area contributed by atoms with Crippen molar-refractivity contribution in [2.45, 2.75) is 19.3 Å². The van der Waals surface area contributed by atoms with Gasteiger partial charge in [0.2, 0.25) is 0 Å². The summed E-state index contributed by atoms with van der Waals surface area (Å²) in [5.74, 6) is 0.0555. The third kappa shape index (κ3) is 3.17. The lowest BCUT2D eigenvalue weighted by Gasteiger charge is -2.23. The highest BCUT2D eigenvalue weighted by molar-refractivity contribution is 14.1. The number of nitrogens with zero attached hydrogens (tertiary/aromatic N) is 1. The fraction of sp³-hybridized carbons (Fsp3) is 0.211. The molecule has 1 aromatic rings. The van der Waals surface area contributed by atoms with E-state index in [4.69, 9.17) is 0 Å². The van der Waals surface area contributed by atoms with Crippen molar-refractivity contribution in [2.75, 3.05) is 11.9 Å². The molecule has 0 unspecified atom stereocenters. The summed E-state index contributed by atoms with van der Waals surface area (Å²) in [5.41, 5.74) is 4.92. The van der Waals surface area contributed by atoms with E-state index in [0.717, 1.165) is 9.15 Å². The Labute approximate surface area is 157 Å². The first-order valence-corrected chi connectivity index (χ1v) is 8.34. The van der Waals surface area contributed by atoms with Crippen LogP contribution >= 0.6 is 35.0 Å². The maximum absolute atomic E-state index is 11.4. The molecule has 0 spiro atoms. The Hall–Kier alpha value is -1.33. The molecule has 0 atom stereocenters. The largest absolute Gasteiger partial charge is 0.347 e. The van der Waals surface area contributed by atoms with Crippen LogP contribution in [0.25, 0.3) is 0 Å². The van der Waals surface area contributed by atoms with Gasteiger partial charge in [0.15, 0.2) is 5.78 Å². The molecular weight excluding hydrogens is 421 g/mol. The monoisotopic (exact) mass is 439 g/mol. The van der Waals surface area contributed by atoms with Crippen LogP contribution in [0.5, 0.6) is 0 Å². The van der Waals surface area contributed by atoms with Gasteiger partial charge in [0.05, 0.1) is 0 Å². The van der Waals surface area contributed by atoms with Crippen molar-refractivity contribution in [3.05, 3.63) is 75.1 Å². The molecule has 23 heavy (non-hydrogen) atoms. The van der Waals surface area contributed by atoms with Crippen LogP contribution in [0.4, 0.5) is 5.69 Å². The number of anilines is 1. The lowest BCUT2D eigenvalue weighted by Crippen LogP contribution is -2.22. The van der Waals surface area contributed by atoms with Crippen LogP contribution in [0, 0.1) is 0 Å². The fourth-order valence-electron chi connectivity index (χ4n) is 3.11. The molecule has 1 aromatic carbocycles. The van der Waals surface area contributed by atoms with Crippen molar-refractivity contribution >= 4 is 46.5 Å². The fourth-order valence-corrected chi connectivity index (χ4v) is 3.78. The molecule has 0 saturated heterocycles. The first-order chi connectivity index (χ1) is 10.4. The summed E-state index contributed by atoms with van der Waals surface area (Å²) < 4.78 is 0.984. The number of halogens is 2. The zero-order chi connectivity index (χ0) is 15.9. The number of allylic oxidation sites excluding steroid dienone is 8. The average molecular weight is 440 g/mol. The Kier molecular flexibility index (Phi) is 5.21. The zero-order valence-electron chi connectivity index (χ0n) is 13.3. The summed E-state index contributed by atoms with van der Waals surface area (Å²) in [6, 6.07) is 8.53. The maximum Gasteiger partial charge on any atom is 0.179 e. The summed E-state index contributed by atoms with van der Waals surface area (Å²) in [6.45, 7) is 4.50. The molecule has 2 aliphatic rings. The molecule has 120 valence electrons. The van der Waals surface area contributed by atoms with E-state index in [1.165, 1.54) is 16.9 Å². The van der Waals surface area contributed by atoms with Crippen LogP contribution in [0.1, 0.15) is 19.4 Å². The van der Waals surface area contributed by atoms with Crippen LogP contribution in [0.15, 0.2) is 69.5 Å². The number of hydrogen-bond donors (Lipinski definition) is 0. The van der Waals surface area contributed by atoms with Crippen molar-refractivity contribution < 1.29 is 4.79 Å². The standard InChI is InChI=1S/C19H18INO.ClH/c1-19(2)15-6-4-5-7-17(15)21(3)18(19)11-9-13-8-10-14(22)12-16(13)20;/h4-12H,1-3H3;1H/b13-9+,18-11-;. The first kappa shape index (κ1) is 18.0. The number of ketones is 1. The number of benzene rings is 1. The topological polar surface area (TPSA) is 20.3 Å². The summed E-state index contributed by atoms with van der Waals surface area (Å²) in [7, 11) is 2.11. The third-order valence-corrected chi connectivity index (χ3v) is 5.27. The van der Waals surface area contributed by atoms with Gasteiger partial charge in [0.1, 0.15) is 0 Å². The molecule has 2 nitrogen and oxygen atoms in total. The van der Waals surface area contributed by atoms with Crippen molar-refractivity contribution in [3.63, 3.8) is 0 Å². The molecule has 4 heteroatoms. The van der Waals surface area contributed by atoms with Crippen molar-refractivity contribution in [1.82, 2.24) is 0 Å². The summed E-state index contributed by atoms with van der Waals surface area (Å²) in [5, 5.41) is 0. The molecule has 0 bridgehead atoms. The predicted octanol–water partition coefficient (Wildman–Crippen LogP) is 5.10. The highest BCUT2D eigenvalue weighted by atomic mass is 127. The normalized spacial score (nSPS) is 22.2. The van der Waals surface area contributed by atoms with Crippen LogP contribution in [0.3, 0.4) is 0 Å². The summed E-state index contributed by atoms with van der Waals surface area (Å²) in [4.78, 5) is 13.6. The van der Waals surface area contributed by atoms with Crippen LogP contribution in [-0.4, -0.2) is 12.8 Å². The molecule has 0 aromatic heterocycles. The van der Waals surface area contributed by atoms with Crippen LogP contribution in [0.2, 0.25) is 0 Å². The predicted molar refractivity (Wildman–Crippen MR) is 108 cm³/mol. The van der Waals surface area contributed by atoms with Gasteiger partial charge >= 0.3 is 0 Å². The molecule has 3 rings (SSSR count). The molecule has 1 aliphatic carbocycles. The second-order valence-corrected chi connectivity index (χ2v) is 7.27. The Bertz CT molecular complexity index is 771. The molecule has 0 saturated carbocycles.